The van der Waals surface area contributed by atoms with E-state index in [0.717, 1.165) is 36.8 Å². The number of phenolic OH excluding ortho intramolecular Hbond substituents is 1. The van der Waals surface area contributed by atoms with E-state index >= 15 is 0 Å². The fraction of sp³-hybridized carbons (Fsp3) is 0.538. The Morgan fingerprint density at radius 2 is 1.85 bits per heavy atom. The highest BCUT2D eigenvalue weighted by atomic mass is 16.7. The number of nitro groups is 1. The lowest BCUT2D eigenvalue weighted by molar-refractivity contribution is -0.384. The van der Waals surface area contributed by atoms with Gasteiger partial charge in [0.25, 0.3) is 5.69 Å². The molecule has 3 N–H and O–H groups in total. The van der Waals surface area contributed by atoms with Gasteiger partial charge >= 0.3 is 6.09 Å². The van der Waals surface area contributed by atoms with E-state index in [1.54, 1.807) is 29.2 Å². The molecule has 282 valence electrons. The number of phenols is 1. The second-order valence-electron chi connectivity index (χ2n) is 13.5. The third-order valence-electron chi connectivity index (χ3n) is 10.3. The zero-order valence-electron chi connectivity index (χ0n) is 30.0. The van der Waals surface area contributed by atoms with Gasteiger partial charge in [0, 0.05) is 49.8 Å². The molecule has 0 bridgehead atoms. The number of rotatable bonds is 18. The SMILES string of the molecule is C=CCOC12Oc3ccc(O)cc3C3C(CCCCO)C(CCCCO)C=C(C(=NOCC)CC1N(CCC)C(=O)Oc1ccc([N+](=O)[O-])cc1)C32. The number of fused-ring (bicyclic) bond motifs is 2. The summed E-state index contributed by atoms with van der Waals surface area (Å²) in [6.07, 6.45) is 8.43. The Morgan fingerprint density at radius 3 is 2.50 bits per heavy atom. The molecule has 0 saturated heterocycles. The summed E-state index contributed by atoms with van der Waals surface area (Å²) in [6.45, 7) is 8.58. The van der Waals surface area contributed by atoms with Gasteiger partial charge in [-0.15, -0.1) is 6.58 Å². The van der Waals surface area contributed by atoms with Gasteiger partial charge in [0.15, 0.2) is 0 Å². The van der Waals surface area contributed by atoms with Gasteiger partial charge in [-0.2, -0.15) is 0 Å². The monoisotopic (exact) mass is 721 g/mol. The number of amides is 1. The Kier molecular flexibility index (Phi) is 13.3. The number of oxime groups is 1. The second kappa shape index (κ2) is 17.8. The van der Waals surface area contributed by atoms with Crippen LogP contribution in [0.5, 0.6) is 17.2 Å². The minimum Gasteiger partial charge on any atom is -0.508 e. The van der Waals surface area contributed by atoms with Crippen molar-refractivity contribution >= 4 is 17.5 Å². The molecule has 1 heterocycles. The summed E-state index contributed by atoms with van der Waals surface area (Å²) in [6, 6.07) is 9.62. The summed E-state index contributed by atoms with van der Waals surface area (Å²) in [7, 11) is 0. The number of unbranched alkanes of at least 4 members (excludes halogenated alkanes) is 2. The van der Waals surface area contributed by atoms with Crippen molar-refractivity contribution in [1.82, 2.24) is 4.90 Å². The number of ether oxygens (including phenoxy) is 3. The molecule has 0 aromatic heterocycles. The minimum absolute atomic E-state index is 0.0222. The van der Waals surface area contributed by atoms with Gasteiger partial charge in [0.05, 0.1) is 23.2 Å². The van der Waals surface area contributed by atoms with E-state index in [1.807, 2.05) is 13.8 Å². The van der Waals surface area contributed by atoms with Crippen molar-refractivity contribution in [1.29, 1.82) is 0 Å². The molecule has 0 radical (unpaired) electrons. The number of nitrogens with zero attached hydrogens (tertiary/aromatic N) is 3. The average Bonchev–Trinajstić information content (AvgIpc) is 3.14. The highest BCUT2D eigenvalue weighted by molar-refractivity contribution is 6.03. The first kappa shape index (κ1) is 38.8. The van der Waals surface area contributed by atoms with Gasteiger partial charge in [-0.1, -0.05) is 37.1 Å². The van der Waals surface area contributed by atoms with Crippen molar-refractivity contribution in [3.8, 4) is 17.2 Å². The van der Waals surface area contributed by atoms with Crippen molar-refractivity contribution in [2.75, 3.05) is 33.0 Å². The molecule has 1 fully saturated rings. The number of aromatic hydroxyl groups is 1. The van der Waals surface area contributed by atoms with Crippen molar-refractivity contribution in [2.24, 2.45) is 22.9 Å². The number of carbonyl (C=O) groups excluding carboxylic acids is 1. The molecule has 2 aliphatic carbocycles. The number of aliphatic hydroxyl groups excluding tert-OH is 2. The number of benzene rings is 2. The molecule has 1 amide bonds. The van der Waals surface area contributed by atoms with E-state index in [0.29, 0.717) is 37.3 Å². The molecule has 6 unspecified atom stereocenters. The van der Waals surface area contributed by atoms with Crippen molar-refractivity contribution in [3.63, 3.8) is 0 Å². The van der Waals surface area contributed by atoms with Crippen LogP contribution in [0.1, 0.15) is 76.7 Å². The van der Waals surface area contributed by atoms with Crippen LogP contribution >= 0.6 is 0 Å². The third kappa shape index (κ3) is 8.11. The van der Waals surface area contributed by atoms with E-state index in [2.05, 4.69) is 17.8 Å². The lowest BCUT2D eigenvalue weighted by Crippen LogP contribution is -2.70. The summed E-state index contributed by atoms with van der Waals surface area (Å²) in [4.78, 5) is 32.3. The lowest BCUT2D eigenvalue weighted by atomic mass is 9.55. The zero-order chi connectivity index (χ0) is 37.3. The first-order chi connectivity index (χ1) is 25.2. The molecule has 2 aromatic rings. The summed E-state index contributed by atoms with van der Waals surface area (Å²) in [5, 5.41) is 46.2. The summed E-state index contributed by atoms with van der Waals surface area (Å²) in [5.41, 5.74) is 2.23. The van der Waals surface area contributed by atoms with Crippen molar-refractivity contribution in [2.45, 2.75) is 83.0 Å². The van der Waals surface area contributed by atoms with Crippen LogP contribution in [0.3, 0.4) is 0 Å². The second-order valence-corrected chi connectivity index (χ2v) is 13.5. The van der Waals surface area contributed by atoms with Crippen LogP contribution in [-0.2, 0) is 9.57 Å². The Balaban J connectivity index is 1.71. The summed E-state index contributed by atoms with van der Waals surface area (Å²) in [5.74, 6) is -1.38. The molecule has 13 heteroatoms. The van der Waals surface area contributed by atoms with Crippen molar-refractivity contribution < 1.29 is 44.1 Å². The fourth-order valence-corrected chi connectivity index (χ4v) is 8.21. The Morgan fingerprint density at radius 1 is 1.12 bits per heavy atom. The molecule has 52 heavy (non-hydrogen) atoms. The molecule has 13 nitrogen and oxygen atoms in total. The zero-order valence-corrected chi connectivity index (χ0v) is 30.0. The van der Waals surface area contributed by atoms with Gasteiger partial charge in [-0.05, 0) is 86.8 Å². The van der Waals surface area contributed by atoms with Crippen LogP contribution in [0.2, 0.25) is 0 Å². The van der Waals surface area contributed by atoms with E-state index < -0.39 is 28.8 Å². The number of hydrogen-bond acceptors (Lipinski definition) is 11. The Hall–Kier alpha value is -4.46. The molecule has 0 spiro atoms. The van der Waals surface area contributed by atoms with E-state index in [9.17, 15) is 30.2 Å². The average molecular weight is 722 g/mol. The molecule has 2 aromatic carbocycles. The molecular formula is C39H51N3O10. The highest BCUT2D eigenvalue weighted by Crippen LogP contribution is 2.61. The Bertz CT molecular complexity index is 1610. The first-order valence-corrected chi connectivity index (χ1v) is 18.3. The van der Waals surface area contributed by atoms with E-state index in [1.165, 1.54) is 24.3 Å². The molecule has 1 aliphatic heterocycles. The Labute approximate surface area is 304 Å². The standard InChI is InChI=1S/C39H51N3O10/c1-4-19-41(38(46)51-29-16-13-27(14-17-29)42(47)48)35-25-33(40-50-6-3)31-23-26(11-7-9-20-43)30(12-8-10-21-44)36-32-24-28(45)15-18-34(32)52-39(35,37(31)36)49-22-5-2/h5,13-18,23-24,26,30,35-37,43-45H,2,4,6-12,19-22,25H2,1,3H3. The van der Waals surface area contributed by atoms with Crippen molar-refractivity contribution in [3.05, 3.63) is 82.4 Å². The predicted molar refractivity (Wildman–Crippen MR) is 194 cm³/mol. The van der Waals surface area contributed by atoms with Crippen LogP contribution in [0.25, 0.3) is 0 Å². The first-order valence-electron chi connectivity index (χ1n) is 18.3. The smallest absolute Gasteiger partial charge is 0.415 e. The number of hydrogen-bond donors (Lipinski definition) is 3. The van der Waals surface area contributed by atoms with Gasteiger partial charge in [-0.3, -0.25) is 15.0 Å². The largest absolute Gasteiger partial charge is 0.508 e. The normalized spacial score (nSPS) is 25.3. The van der Waals surface area contributed by atoms with Gasteiger partial charge in [0.1, 0.15) is 29.9 Å². The number of non-ortho nitro benzene ring substituents is 1. The summed E-state index contributed by atoms with van der Waals surface area (Å²) >= 11 is 0. The van der Waals surface area contributed by atoms with Crippen LogP contribution in [0.4, 0.5) is 10.5 Å². The van der Waals surface area contributed by atoms with Gasteiger partial charge < -0.3 is 34.4 Å². The van der Waals surface area contributed by atoms with Gasteiger partial charge in [0.2, 0.25) is 5.79 Å². The van der Waals surface area contributed by atoms with E-state index in [4.69, 9.17) is 19.0 Å². The topological polar surface area (TPSA) is 173 Å². The number of nitro benzene ring substituents is 1. The van der Waals surface area contributed by atoms with Crippen LogP contribution < -0.4 is 9.47 Å². The number of aliphatic hydroxyl groups is 2. The molecule has 1 saturated carbocycles. The molecule has 3 aliphatic rings. The maximum atomic E-state index is 14.3. The predicted octanol–water partition coefficient (Wildman–Crippen LogP) is 6.86. The van der Waals surface area contributed by atoms with E-state index in [-0.39, 0.29) is 67.7 Å². The number of carbonyl (C=O) groups is 1. The van der Waals surface area contributed by atoms with Crippen LogP contribution in [0.15, 0.2) is 71.9 Å². The fourth-order valence-electron chi connectivity index (χ4n) is 8.21. The maximum absolute atomic E-state index is 14.3. The van der Waals surface area contributed by atoms with Gasteiger partial charge in [-0.25, -0.2) is 4.79 Å². The third-order valence-corrected chi connectivity index (χ3v) is 10.3. The number of allylic oxidation sites excluding steroid dienone is 1. The lowest BCUT2D eigenvalue weighted by Gasteiger charge is -2.59. The maximum Gasteiger partial charge on any atom is 0.415 e. The quantitative estimate of drug-likeness (QED) is 0.0638. The van der Waals surface area contributed by atoms with Crippen LogP contribution in [0, 0.1) is 27.9 Å². The molecule has 6 atom stereocenters. The summed E-state index contributed by atoms with van der Waals surface area (Å²) < 4.78 is 19.8. The van der Waals surface area contributed by atoms with Crippen LogP contribution in [-0.4, -0.2) is 81.7 Å². The molecular weight excluding hydrogens is 670 g/mol. The molecule has 5 rings (SSSR count). The minimum atomic E-state index is -1.46. The highest BCUT2D eigenvalue weighted by Gasteiger charge is 2.65.